The Morgan fingerprint density at radius 3 is 2.55 bits per heavy atom. The van der Waals surface area contributed by atoms with Crippen LogP contribution in [-0.2, 0) is 9.59 Å². The van der Waals surface area contributed by atoms with Gasteiger partial charge in [0.05, 0.1) is 23.3 Å². The van der Waals surface area contributed by atoms with Crippen molar-refractivity contribution in [3.05, 3.63) is 28.8 Å². The van der Waals surface area contributed by atoms with Gasteiger partial charge in [-0.1, -0.05) is 37.9 Å². The summed E-state index contributed by atoms with van der Waals surface area (Å²) in [5.74, 6) is -0.598. The molecule has 0 aliphatic carbocycles. The first-order valence-electron chi connectivity index (χ1n) is 6.94. The van der Waals surface area contributed by atoms with E-state index in [0.29, 0.717) is 10.7 Å². The summed E-state index contributed by atoms with van der Waals surface area (Å²) in [5.41, 5.74) is 7.31. The van der Waals surface area contributed by atoms with E-state index in [1.54, 1.807) is 12.1 Å². The van der Waals surface area contributed by atoms with Gasteiger partial charge >= 0.3 is 0 Å². The molecule has 0 radical (unpaired) electrons. The Balaban J connectivity index is 0.00000441. The van der Waals surface area contributed by atoms with Gasteiger partial charge in [-0.05, 0) is 30.5 Å². The van der Waals surface area contributed by atoms with Crippen molar-refractivity contribution >= 4 is 41.5 Å². The van der Waals surface area contributed by atoms with Gasteiger partial charge in [0.2, 0.25) is 11.8 Å². The van der Waals surface area contributed by atoms with Gasteiger partial charge in [0.25, 0.3) is 0 Å². The number of amides is 2. The van der Waals surface area contributed by atoms with Crippen LogP contribution in [0.1, 0.15) is 25.8 Å². The molecule has 0 aliphatic rings. The number of hydrogen-bond donors (Lipinski definition) is 3. The normalized spacial score (nSPS) is 12.8. The zero-order chi connectivity index (χ0) is 16.0. The number of carbonyl (C=O) groups is 2. The summed E-state index contributed by atoms with van der Waals surface area (Å²) >= 11 is 6.03. The van der Waals surface area contributed by atoms with E-state index in [9.17, 15) is 9.59 Å². The minimum absolute atomic E-state index is 0. The van der Waals surface area contributed by atoms with E-state index in [1.807, 2.05) is 26.8 Å². The zero-order valence-electron chi connectivity index (χ0n) is 13.0. The standard InChI is InChI=1S/C15H22ClN3O2.ClH/c1-4-10(3)14(17)15(21)18-8-13(20)19-12-6-5-9(2)7-11(12)16;/h5-7,10,14H,4,8,17H2,1-3H3,(H,18,21)(H,19,20);1H. The van der Waals surface area contributed by atoms with Crippen LogP contribution in [0.4, 0.5) is 5.69 Å². The van der Waals surface area contributed by atoms with Crippen molar-refractivity contribution in [3.8, 4) is 0 Å². The van der Waals surface area contributed by atoms with Crippen molar-refractivity contribution in [1.82, 2.24) is 5.32 Å². The predicted octanol–water partition coefficient (Wildman–Crippen LogP) is 2.50. The monoisotopic (exact) mass is 347 g/mol. The van der Waals surface area contributed by atoms with Gasteiger partial charge in [-0.3, -0.25) is 9.59 Å². The average Bonchev–Trinajstić information content (AvgIpc) is 2.46. The molecule has 124 valence electrons. The molecule has 0 bridgehead atoms. The second-order valence-electron chi connectivity index (χ2n) is 5.16. The molecule has 2 unspecified atom stereocenters. The van der Waals surface area contributed by atoms with E-state index < -0.39 is 6.04 Å². The third kappa shape index (κ3) is 6.22. The molecule has 0 aliphatic heterocycles. The number of rotatable bonds is 6. The summed E-state index contributed by atoms with van der Waals surface area (Å²) in [4.78, 5) is 23.6. The number of hydrogen-bond acceptors (Lipinski definition) is 3. The summed E-state index contributed by atoms with van der Waals surface area (Å²) in [7, 11) is 0. The lowest BCUT2D eigenvalue weighted by Gasteiger charge is -2.17. The maximum absolute atomic E-state index is 11.8. The van der Waals surface area contributed by atoms with Crippen molar-refractivity contribution in [3.63, 3.8) is 0 Å². The zero-order valence-corrected chi connectivity index (χ0v) is 14.6. The van der Waals surface area contributed by atoms with Crippen LogP contribution in [-0.4, -0.2) is 24.4 Å². The first-order chi connectivity index (χ1) is 9.85. The quantitative estimate of drug-likeness (QED) is 0.739. The first-order valence-corrected chi connectivity index (χ1v) is 7.32. The van der Waals surface area contributed by atoms with E-state index in [-0.39, 0.29) is 36.7 Å². The van der Waals surface area contributed by atoms with E-state index in [2.05, 4.69) is 10.6 Å². The maximum atomic E-state index is 11.8. The molecule has 2 atom stereocenters. The predicted molar refractivity (Wildman–Crippen MR) is 92.5 cm³/mol. The molecule has 7 heteroatoms. The second-order valence-corrected chi connectivity index (χ2v) is 5.57. The summed E-state index contributed by atoms with van der Waals surface area (Å²) < 4.78 is 0. The smallest absolute Gasteiger partial charge is 0.243 e. The number of carbonyl (C=O) groups excluding carboxylic acids is 2. The molecule has 22 heavy (non-hydrogen) atoms. The Morgan fingerprint density at radius 2 is 2.00 bits per heavy atom. The average molecular weight is 348 g/mol. The highest BCUT2D eigenvalue weighted by Crippen LogP contribution is 2.22. The van der Waals surface area contributed by atoms with Crippen LogP contribution < -0.4 is 16.4 Å². The van der Waals surface area contributed by atoms with Crippen LogP contribution in [0.5, 0.6) is 0 Å². The van der Waals surface area contributed by atoms with Crippen LogP contribution in [0.2, 0.25) is 5.02 Å². The van der Waals surface area contributed by atoms with Crippen molar-refractivity contribution in [2.24, 2.45) is 11.7 Å². The molecule has 0 fully saturated rings. The van der Waals surface area contributed by atoms with Crippen molar-refractivity contribution in [2.75, 3.05) is 11.9 Å². The molecule has 0 spiro atoms. The molecular formula is C15H23Cl2N3O2. The van der Waals surface area contributed by atoms with E-state index in [4.69, 9.17) is 17.3 Å². The summed E-state index contributed by atoms with van der Waals surface area (Å²) in [6.45, 7) is 5.64. The molecule has 4 N–H and O–H groups in total. The molecular weight excluding hydrogens is 325 g/mol. The van der Waals surface area contributed by atoms with Crippen molar-refractivity contribution in [1.29, 1.82) is 0 Å². The van der Waals surface area contributed by atoms with Gasteiger partial charge in [-0.2, -0.15) is 0 Å². The van der Waals surface area contributed by atoms with Crippen LogP contribution in [0.15, 0.2) is 18.2 Å². The largest absolute Gasteiger partial charge is 0.346 e. The molecule has 1 aromatic rings. The third-order valence-electron chi connectivity index (χ3n) is 3.38. The SMILES string of the molecule is CCC(C)C(N)C(=O)NCC(=O)Nc1ccc(C)cc1Cl.Cl. The Morgan fingerprint density at radius 1 is 1.36 bits per heavy atom. The lowest BCUT2D eigenvalue weighted by molar-refractivity contribution is -0.125. The van der Waals surface area contributed by atoms with Gasteiger partial charge in [0.15, 0.2) is 0 Å². The number of nitrogens with two attached hydrogens (primary N) is 1. The van der Waals surface area contributed by atoms with Gasteiger partial charge < -0.3 is 16.4 Å². The number of anilines is 1. The van der Waals surface area contributed by atoms with E-state index in [0.717, 1.165) is 12.0 Å². The third-order valence-corrected chi connectivity index (χ3v) is 3.69. The number of aryl methyl sites for hydroxylation is 1. The minimum Gasteiger partial charge on any atom is -0.346 e. The number of halogens is 2. The summed E-state index contributed by atoms with van der Waals surface area (Å²) in [5, 5.41) is 5.64. The van der Waals surface area contributed by atoms with Gasteiger partial charge in [-0.15, -0.1) is 12.4 Å². The Kier molecular flexibility index (Phi) is 9.09. The molecule has 1 rings (SSSR count). The minimum atomic E-state index is -0.606. The molecule has 0 saturated heterocycles. The highest BCUT2D eigenvalue weighted by molar-refractivity contribution is 6.33. The van der Waals surface area contributed by atoms with Crippen molar-refractivity contribution < 1.29 is 9.59 Å². The molecule has 1 aromatic carbocycles. The van der Waals surface area contributed by atoms with Crippen LogP contribution in [0.3, 0.4) is 0 Å². The topological polar surface area (TPSA) is 84.2 Å². The van der Waals surface area contributed by atoms with Gasteiger partial charge in [-0.25, -0.2) is 0 Å². The number of nitrogens with one attached hydrogen (secondary N) is 2. The van der Waals surface area contributed by atoms with Gasteiger partial charge in [0, 0.05) is 0 Å². The van der Waals surface area contributed by atoms with Crippen LogP contribution in [0.25, 0.3) is 0 Å². The fraction of sp³-hybridized carbons (Fsp3) is 0.467. The molecule has 2 amide bonds. The summed E-state index contributed by atoms with van der Waals surface area (Å²) in [6.07, 6.45) is 0.805. The molecule has 0 aromatic heterocycles. The fourth-order valence-electron chi connectivity index (χ4n) is 1.71. The molecule has 0 heterocycles. The number of benzene rings is 1. The van der Waals surface area contributed by atoms with Crippen LogP contribution >= 0.6 is 24.0 Å². The lowest BCUT2D eigenvalue weighted by Crippen LogP contribution is -2.46. The maximum Gasteiger partial charge on any atom is 0.243 e. The molecule has 5 nitrogen and oxygen atoms in total. The highest BCUT2D eigenvalue weighted by Gasteiger charge is 2.19. The van der Waals surface area contributed by atoms with Gasteiger partial charge in [0.1, 0.15) is 0 Å². The highest BCUT2D eigenvalue weighted by atomic mass is 35.5. The van der Waals surface area contributed by atoms with Crippen molar-refractivity contribution in [2.45, 2.75) is 33.2 Å². The Bertz CT molecular complexity index is 524. The summed E-state index contributed by atoms with van der Waals surface area (Å²) in [6, 6.07) is 4.72. The van der Waals surface area contributed by atoms with E-state index in [1.165, 1.54) is 0 Å². The van der Waals surface area contributed by atoms with E-state index >= 15 is 0 Å². The molecule has 0 saturated carbocycles. The second kappa shape index (κ2) is 9.66. The Labute approximate surface area is 142 Å². The Hall–Kier alpha value is -1.30. The van der Waals surface area contributed by atoms with Crippen LogP contribution in [0, 0.1) is 12.8 Å². The lowest BCUT2D eigenvalue weighted by atomic mass is 9.99. The first kappa shape index (κ1) is 20.7. The fourth-order valence-corrected chi connectivity index (χ4v) is 2.00.